The van der Waals surface area contributed by atoms with Crippen molar-refractivity contribution in [1.82, 2.24) is 4.90 Å². The van der Waals surface area contributed by atoms with Gasteiger partial charge in [0.15, 0.2) is 0 Å². The van der Waals surface area contributed by atoms with Gasteiger partial charge in [-0.05, 0) is 6.92 Å². The Balaban J connectivity index is 0.000000581. The summed E-state index contributed by atoms with van der Waals surface area (Å²) in [7, 11) is 0. The SMILES string of the molecule is CC.CC.CC#CCN1CC2(COCCO2)C1. The summed E-state index contributed by atoms with van der Waals surface area (Å²) in [4.78, 5) is 2.28. The highest BCUT2D eigenvalue weighted by Crippen LogP contribution is 2.27. The molecule has 0 amide bonds. The van der Waals surface area contributed by atoms with Gasteiger partial charge in [0.2, 0.25) is 0 Å². The van der Waals surface area contributed by atoms with Crippen molar-refractivity contribution in [3.63, 3.8) is 0 Å². The lowest BCUT2D eigenvalue weighted by Crippen LogP contribution is -2.67. The van der Waals surface area contributed by atoms with Gasteiger partial charge in [-0.15, -0.1) is 5.92 Å². The second kappa shape index (κ2) is 9.47. The summed E-state index contributed by atoms with van der Waals surface area (Å²) in [5.74, 6) is 5.95. The molecule has 0 radical (unpaired) electrons. The molecule has 2 fully saturated rings. The highest BCUT2D eigenvalue weighted by Gasteiger charge is 2.45. The summed E-state index contributed by atoms with van der Waals surface area (Å²) in [6.07, 6.45) is 0. The van der Waals surface area contributed by atoms with E-state index in [0.717, 1.165) is 39.5 Å². The standard InChI is InChI=1S/C10H15NO2.2C2H6/c1-2-3-4-11-7-10(8-11)9-12-5-6-13-10;2*1-2/h4-9H2,1H3;2*1-2H3. The van der Waals surface area contributed by atoms with Gasteiger partial charge in [-0.2, -0.15) is 0 Å². The van der Waals surface area contributed by atoms with Crippen molar-refractivity contribution in [2.45, 2.75) is 40.2 Å². The molecule has 1 spiro atoms. The van der Waals surface area contributed by atoms with E-state index < -0.39 is 0 Å². The fourth-order valence-electron chi connectivity index (χ4n) is 1.87. The number of ether oxygens (including phenoxy) is 2. The molecular formula is C14H27NO2. The van der Waals surface area contributed by atoms with Crippen LogP contribution in [0.5, 0.6) is 0 Å². The van der Waals surface area contributed by atoms with Crippen molar-refractivity contribution in [1.29, 1.82) is 0 Å². The molecule has 0 aromatic heterocycles. The number of hydrogen-bond acceptors (Lipinski definition) is 3. The van der Waals surface area contributed by atoms with E-state index in [1.807, 2.05) is 34.6 Å². The molecule has 0 atom stereocenters. The van der Waals surface area contributed by atoms with Crippen LogP contribution >= 0.6 is 0 Å². The predicted molar refractivity (Wildman–Crippen MR) is 72.1 cm³/mol. The molecule has 0 saturated carbocycles. The number of rotatable bonds is 1. The maximum absolute atomic E-state index is 5.70. The number of hydrogen-bond donors (Lipinski definition) is 0. The van der Waals surface area contributed by atoms with Crippen LogP contribution in [0.4, 0.5) is 0 Å². The molecule has 100 valence electrons. The van der Waals surface area contributed by atoms with E-state index in [1.54, 1.807) is 0 Å². The van der Waals surface area contributed by atoms with Gasteiger partial charge in [0.1, 0.15) is 5.60 Å². The van der Waals surface area contributed by atoms with Crippen LogP contribution in [0, 0.1) is 11.8 Å². The van der Waals surface area contributed by atoms with E-state index in [0.29, 0.717) is 0 Å². The molecular weight excluding hydrogens is 214 g/mol. The van der Waals surface area contributed by atoms with Crippen LogP contribution in [0.2, 0.25) is 0 Å². The molecule has 0 unspecified atom stereocenters. The van der Waals surface area contributed by atoms with Crippen molar-refractivity contribution in [2.75, 3.05) is 39.5 Å². The summed E-state index contributed by atoms with van der Waals surface area (Å²) in [5, 5.41) is 0. The van der Waals surface area contributed by atoms with E-state index >= 15 is 0 Å². The minimum Gasteiger partial charge on any atom is -0.376 e. The van der Waals surface area contributed by atoms with E-state index in [4.69, 9.17) is 9.47 Å². The molecule has 0 N–H and O–H groups in total. The first-order chi connectivity index (χ1) is 8.35. The Morgan fingerprint density at radius 1 is 1.12 bits per heavy atom. The molecule has 0 aromatic rings. The lowest BCUT2D eigenvalue weighted by Gasteiger charge is -2.50. The van der Waals surface area contributed by atoms with Crippen LogP contribution in [0.15, 0.2) is 0 Å². The third-order valence-electron chi connectivity index (χ3n) is 2.50. The Morgan fingerprint density at radius 3 is 2.24 bits per heavy atom. The van der Waals surface area contributed by atoms with Gasteiger partial charge < -0.3 is 9.47 Å². The van der Waals surface area contributed by atoms with Gasteiger partial charge in [-0.1, -0.05) is 33.6 Å². The lowest BCUT2D eigenvalue weighted by molar-refractivity contribution is -0.214. The fraction of sp³-hybridized carbons (Fsp3) is 0.857. The van der Waals surface area contributed by atoms with E-state index in [1.165, 1.54) is 0 Å². The van der Waals surface area contributed by atoms with Crippen LogP contribution in [0.1, 0.15) is 34.6 Å². The van der Waals surface area contributed by atoms with Crippen LogP contribution in [0.25, 0.3) is 0 Å². The maximum Gasteiger partial charge on any atom is 0.117 e. The van der Waals surface area contributed by atoms with Gasteiger partial charge in [-0.3, -0.25) is 4.90 Å². The molecule has 2 aliphatic rings. The van der Waals surface area contributed by atoms with Crippen LogP contribution in [0.3, 0.4) is 0 Å². The molecule has 0 aliphatic carbocycles. The molecule has 2 saturated heterocycles. The van der Waals surface area contributed by atoms with Crippen molar-refractivity contribution in [3.05, 3.63) is 0 Å². The van der Waals surface area contributed by atoms with Crippen molar-refractivity contribution >= 4 is 0 Å². The Morgan fingerprint density at radius 2 is 1.76 bits per heavy atom. The van der Waals surface area contributed by atoms with E-state index in [2.05, 4.69) is 16.7 Å². The third-order valence-corrected chi connectivity index (χ3v) is 2.50. The smallest absolute Gasteiger partial charge is 0.117 e. The lowest BCUT2D eigenvalue weighted by atomic mass is 9.94. The monoisotopic (exact) mass is 241 g/mol. The summed E-state index contributed by atoms with van der Waals surface area (Å²) in [5.41, 5.74) is 0.00761. The number of nitrogens with zero attached hydrogens (tertiary/aromatic N) is 1. The molecule has 3 nitrogen and oxygen atoms in total. The Kier molecular flexibility index (Phi) is 9.16. The summed E-state index contributed by atoms with van der Waals surface area (Å²) < 4.78 is 11.1. The van der Waals surface area contributed by atoms with Gasteiger partial charge >= 0.3 is 0 Å². The van der Waals surface area contributed by atoms with Crippen molar-refractivity contribution in [2.24, 2.45) is 0 Å². The normalized spacial score (nSPS) is 20.8. The summed E-state index contributed by atoms with van der Waals surface area (Å²) in [6.45, 7) is 14.9. The highest BCUT2D eigenvalue weighted by molar-refractivity contribution is 5.05. The Bertz CT molecular complexity index is 228. The van der Waals surface area contributed by atoms with Crippen molar-refractivity contribution in [3.8, 4) is 11.8 Å². The minimum atomic E-state index is 0.00761. The molecule has 0 bridgehead atoms. The quantitative estimate of drug-likeness (QED) is 0.657. The molecule has 17 heavy (non-hydrogen) atoms. The fourth-order valence-corrected chi connectivity index (χ4v) is 1.87. The first kappa shape index (κ1) is 16.4. The first-order valence-corrected chi connectivity index (χ1v) is 6.68. The van der Waals surface area contributed by atoms with Gasteiger partial charge in [0.25, 0.3) is 0 Å². The molecule has 2 rings (SSSR count). The Labute approximate surface area is 106 Å². The molecule has 2 aliphatic heterocycles. The third kappa shape index (κ3) is 5.08. The second-order valence-electron chi connectivity index (χ2n) is 3.66. The zero-order valence-electron chi connectivity index (χ0n) is 12.0. The van der Waals surface area contributed by atoms with Crippen LogP contribution < -0.4 is 0 Å². The second-order valence-corrected chi connectivity index (χ2v) is 3.66. The first-order valence-electron chi connectivity index (χ1n) is 6.68. The van der Waals surface area contributed by atoms with Crippen LogP contribution in [-0.4, -0.2) is 50.0 Å². The predicted octanol–water partition coefficient (Wildman–Crippen LogP) is 2.16. The topological polar surface area (TPSA) is 21.7 Å². The average Bonchev–Trinajstić information content (AvgIpc) is 2.40. The van der Waals surface area contributed by atoms with E-state index in [-0.39, 0.29) is 5.60 Å². The molecule has 2 heterocycles. The average molecular weight is 241 g/mol. The van der Waals surface area contributed by atoms with E-state index in [9.17, 15) is 0 Å². The van der Waals surface area contributed by atoms with Gasteiger partial charge in [-0.25, -0.2) is 0 Å². The number of likely N-dealkylation sites (tertiary alicyclic amines) is 1. The van der Waals surface area contributed by atoms with Gasteiger partial charge in [0.05, 0.1) is 26.4 Å². The summed E-state index contributed by atoms with van der Waals surface area (Å²) >= 11 is 0. The van der Waals surface area contributed by atoms with Gasteiger partial charge in [0, 0.05) is 13.1 Å². The highest BCUT2D eigenvalue weighted by atomic mass is 16.6. The zero-order chi connectivity index (χ0) is 13.1. The molecule has 0 aromatic carbocycles. The minimum absolute atomic E-state index is 0.00761. The zero-order valence-corrected chi connectivity index (χ0v) is 12.0. The van der Waals surface area contributed by atoms with Crippen molar-refractivity contribution < 1.29 is 9.47 Å². The van der Waals surface area contributed by atoms with Crippen LogP contribution in [-0.2, 0) is 9.47 Å². The summed E-state index contributed by atoms with van der Waals surface area (Å²) in [6, 6.07) is 0. The Hall–Kier alpha value is -0.560. The molecule has 3 heteroatoms. The largest absolute Gasteiger partial charge is 0.376 e. The maximum atomic E-state index is 5.70.